The summed E-state index contributed by atoms with van der Waals surface area (Å²) in [6.07, 6.45) is 3.33. The van der Waals surface area contributed by atoms with Crippen molar-refractivity contribution in [2.24, 2.45) is 0 Å². The average molecular weight is 515 g/mol. The molecule has 0 aliphatic rings. The highest BCUT2D eigenvalue weighted by molar-refractivity contribution is 5.99. The summed E-state index contributed by atoms with van der Waals surface area (Å²) in [6.45, 7) is 3.56. The second-order valence-corrected chi connectivity index (χ2v) is 8.28. The van der Waals surface area contributed by atoms with E-state index < -0.39 is 17.6 Å². The molecule has 0 saturated heterocycles. The van der Waals surface area contributed by atoms with Crippen LogP contribution in [0.2, 0.25) is 0 Å². The van der Waals surface area contributed by atoms with E-state index in [0.717, 1.165) is 11.3 Å². The number of carbonyl (C=O) groups is 2. The number of hydrogen-bond donors (Lipinski definition) is 1. The molecule has 9 heteroatoms. The largest absolute Gasteiger partial charge is 0.497 e. The van der Waals surface area contributed by atoms with Crippen LogP contribution in [0.4, 0.5) is 10.3 Å². The molecule has 3 aromatic carbocycles. The smallest absolute Gasteiger partial charge is 0.254 e. The highest BCUT2D eigenvalue weighted by atomic mass is 19.1. The fourth-order valence-electron chi connectivity index (χ4n) is 3.80. The molecule has 0 aliphatic carbocycles. The third-order valence-corrected chi connectivity index (χ3v) is 5.76. The predicted octanol–water partition coefficient (Wildman–Crippen LogP) is 4.96. The number of methoxy groups -OCH3 is 2. The first-order chi connectivity index (χ1) is 18.4. The molecule has 1 heterocycles. The van der Waals surface area contributed by atoms with Crippen LogP contribution in [0.15, 0.2) is 91.6 Å². The number of nitrogens with one attached hydrogen (secondary N) is 1. The fourth-order valence-corrected chi connectivity index (χ4v) is 3.80. The van der Waals surface area contributed by atoms with Gasteiger partial charge in [-0.25, -0.2) is 9.37 Å². The number of halogens is 1. The molecule has 38 heavy (non-hydrogen) atoms. The monoisotopic (exact) mass is 514 g/mol. The average Bonchev–Trinajstić information content (AvgIpc) is 3.36. The topological polar surface area (TPSA) is 85.7 Å². The standard InChI is InChI=1S/C29H27FN4O4/c1-4-17-33(28(36)21-5-9-22(30)10-6-21)19-27(35)32-29-31-26(20-7-13-24(37-2)14-8-20)18-34(29)23-11-15-25(38-3)16-12-23/h4-16,18H,1,17,19H2,2-3H3,(H,31,32,35). The van der Waals surface area contributed by atoms with Crippen molar-refractivity contribution in [3.63, 3.8) is 0 Å². The number of rotatable bonds is 10. The molecule has 1 aromatic heterocycles. The van der Waals surface area contributed by atoms with Crippen LogP contribution >= 0.6 is 0 Å². The van der Waals surface area contributed by atoms with E-state index >= 15 is 0 Å². The molecular weight excluding hydrogens is 487 g/mol. The van der Waals surface area contributed by atoms with Crippen molar-refractivity contribution < 1.29 is 23.5 Å². The van der Waals surface area contributed by atoms with Crippen molar-refractivity contribution in [1.29, 1.82) is 0 Å². The van der Waals surface area contributed by atoms with E-state index in [9.17, 15) is 14.0 Å². The van der Waals surface area contributed by atoms with Gasteiger partial charge in [-0.15, -0.1) is 6.58 Å². The molecule has 0 fully saturated rings. The fraction of sp³-hybridized carbons (Fsp3) is 0.138. The molecule has 0 radical (unpaired) electrons. The molecule has 0 spiro atoms. The lowest BCUT2D eigenvalue weighted by Crippen LogP contribution is -2.38. The molecule has 194 valence electrons. The Morgan fingerprint density at radius 1 is 0.974 bits per heavy atom. The normalized spacial score (nSPS) is 10.5. The Labute approximate surface area is 219 Å². The Morgan fingerprint density at radius 3 is 2.16 bits per heavy atom. The summed E-state index contributed by atoms with van der Waals surface area (Å²) in [5.41, 5.74) is 2.47. The number of carbonyl (C=O) groups excluding carboxylic acids is 2. The third-order valence-electron chi connectivity index (χ3n) is 5.76. The Hall–Kier alpha value is -4.92. The van der Waals surface area contributed by atoms with Crippen molar-refractivity contribution in [3.05, 3.63) is 103 Å². The SMILES string of the molecule is C=CCN(CC(=O)Nc1nc(-c2ccc(OC)cc2)cn1-c1ccc(OC)cc1)C(=O)c1ccc(F)cc1. The Kier molecular flexibility index (Phi) is 8.17. The second kappa shape index (κ2) is 11.9. The summed E-state index contributed by atoms with van der Waals surface area (Å²) in [7, 11) is 3.18. The minimum Gasteiger partial charge on any atom is -0.497 e. The first kappa shape index (κ1) is 26.2. The molecule has 4 rings (SSSR count). The zero-order valence-corrected chi connectivity index (χ0v) is 21.1. The first-order valence-electron chi connectivity index (χ1n) is 11.8. The molecule has 4 aromatic rings. The molecule has 1 N–H and O–H groups in total. The van der Waals surface area contributed by atoms with E-state index in [1.807, 2.05) is 42.6 Å². The lowest BCUT2D eigenvalue weighted by Gasteiger charge is -2.20. The zero-order valence-electron chi connectivity index (χ0n) is 21.1. The number of aromatic nitrogens is 2. The minimum absolute atomic E-state index is 0.133. The molecule has 0 aliphatic heterocycles. The number of imidazole rings is 1. The van der Waals surface area contributed by atoms with Gasteiger partial charge in [-0.3, -0.25) is 19.5 Å². The van der Waals surface area contributed by atoms with Crippen molar-refractivity contribution in [2.45, 2.75) is 0 Å². The van der Waals surface area contributed by atoms with Crippen LogP contribution in [0.3, 0.4) is 0 Å². The third kappa shape index (κ3) is 6.07. The van der Waals surface area contributed by atoms with Crippen molar-refractivity contribution in [2.75, 3.05) is 32.6 Å². The zero-order chi connectivity index (χ0) is 27.1. The van der Waals surface area contributed by atoms with Gasteiger partial charge in [0, 0.05) is 29.6 Å². The van der Waals surface area contributed by atoms with Crippen LogP contribution in [0, 0.1) is 5.82 Å². The number of anilines is 1. The highest BCUT2D eigenvalue weighted by Gasteiger charge is 2.20. The summed E-state index contributed by atoms with van der Waals surface area (Å²) < 4.78 is 25.5. The Morgan fingerprint density at radius 2 is 1.58 bits per heavy atom. The molecule has 2 amide bonds. The molecule has 8 nitrogen and oxygen atoms in total. The first-order valence-corrected chi connectivity index (χ1v) is 11.8. The lowest BCUT2D eigenvalue weighted by molar-refractivity contribution is -0.116. The number of hydrogen-bond acceptors (Lipinski definition) is 5. The van der Waals surface area contributed by atoms with Crippen molar-refractivity contribution in [3.8, 4) is 28.4 Å². The molecule has 0 saturated carbocycles. The van der Waals surface area contributed by atoms with Crippen LogP contribution < -0.4 is 14.8 Å². The minimum atomic E-state index is -0.455. The Balaban J connectivity index is 1.61. The predicted molar refractivity (Wildman–Crippen MR) is 143 cm³/mol. The maximum atomic E-state index is 13.3. The van der Waals surface area contributed by atoms with Gasteiger partial charge in [-0.2, -0.15) is 0 Å². The van der Waals surface area contributed by atoms with Gasteiger partial charge in [0.25, 0.3) is 5.91 Å². The summed E-state index contributed by atoms with van der Waals surface area (Å²) in [6, 6.07) is 19.9. The number of benzene rings is 3. The molecule has 0 bridgehead atoms. The van der Waals surface area contributed by atoms with Gasteiger partial charge in [0.2, 0.25) is 11.9 Å². The van der Waals surface area contributed by atoms with Crippen molar-refractivity contribution in [1.82, 2.24) is 14.5 Å². The van der Waals surface area contributed by atoms with Gasteiger partial charge >= 0.3 is 0 Å². The van der Waals surface area contributed by atoms with Gasteiger partial charge < -0.3 is 14.4 Å². The second-order valence-electron chi connectivity index (χ2n) is 8.28. The van der Waals surface area contributed by atoms with Crippen LogP contribution in [0.1, 0.15) is 10.4 Å². The van der Waals surface area contributed by atoms with Crippen LogP contribution in [-0.2, 0) is 4.79 Å². The number of amides is 2. The number of ether oxygens (including phenoxy) is 2. The summed E-state index contributed by atoms with van der Waals surface area (Å²) in [5, 5.41) is 2.82. The van der Waals surface area contributed by atoms with Gasteiger partial charge in [-0.05, 0) is 72.8 Å². The maximum Gasteiger partial charge on any atom is 0.254 e. The highest BCUT2D eigenvalue weighted by Crippen LogP contribution is 2.27. The number of nitrogens with zero attached hydrogens (tertiary/aromatic N) is 3. The van der Waals surface area contributed by atoms with E-state index in [-0.39, 0.29) is 24.6 Å². The van der Waals surface area contributed by atoms with Crippen molar-refractivity contribution >= 4 is 17.8 Å². The van der Waals surface area contributed by atoms with Gasteiger partial charge in [0.15, 0.2) is 0 Å². The van der Waals surface area contributed by atoms with Crippen LogP contribution in [-0.4, -0.2) is 53.6 Å². The van der Waals surface area contributed by atoms with E-state index in [1.54, 1.807) is 30.9 Å². The van der Waals surface area contributed by atoms with E-state index in [4.69, 9.17) is 9.47 Å². The van der Waals surface area contributed by atoms with Gasteiger partial charge in [0.05, 0.1) is 19.9 Å². The van der Waals surface area contributed by atoms with Crippen LogP contribution in [0.5, 0.6) is 11.5 Å². The summed E-state index contributed by atoms with van der Waals surface area (Å²) >= 11 is 0. The van der Waals surface area contributed by atoms with Gasteiger partial charge in [0.1, 0.15) is 23.9 Å². The summed E-state index contributed by atoms with van der Waals surface area (Å²) in [5.74, 6) is 0.354. The lowest BCUT2D eigenvalue weighted by atomic mass is 10.1. The maximum absolute atomic E-state index is 13.3. The molecule has 0 unspecified atom stereocenters. The quantitative estimate of drug-likeness (QED) is 0.302. The molecular formula is C29H27FN4O4. The summed E-state index contributed by atoms with van der Waals surface area (Å²) in [4.78, 5) is 32.0. The van der Waals surface area contributed by atoms with E-state index in [1.165, 1.54) is 35.2 Å². The van der Waals surface area contributed by atoms with E-state index in [2.05, 4.69) is 16.9 Å². The van der Waals surface area contributed by atoms with E-state index in [0.29, 0.717) is 17.2 Å². The van der Waals surface area contributed by atoms with Gasteiger partial charge in [-0.1, -0.05) is 6.08 Å². The molecule has 0 atom stereocenters. The Bertz CT molecular complexity index is 1410. The van der Waals surface area contributed by atoms with Crippen LogP contribution in [0.25, 0.3) is 16.9 Å².